The van der Waals surface area contributed by atoms with Gasteiger partial charge in [-0.15, -0.1) is 0 Å². The molecule has 0 aromatic heterocycles. The lowest BCUT2D eigenvalue weighted by atomic mass is 9.95. The predicted molar refractivity (Wildman–Crippen MR) is 155 cm³/mol. The first-order valence-corrected chi connectivity index (χ1v) is 15.7. The smallest absolute Gasteiger partial charge is 0.244 e. The maximum Gasteiger partial charge on any atom is 0.244 e. The first-order chi connectivity index (χ1) is 17.9. The van der Waals surface area contributed by atoms with E-state index < -0.39 is 28.5 Å². The SMILES string of the molecule is CC[C@H](C(=O)NC1CCCCC1)N(Cc1ccc(Cl)cc1)C(=O)CN(c1cc(Cl)c(Cl)cc1Cl)S(C)(=O)=O. The van der Waals surface area contributed by atoms with Crippen LogP contribution in [0.5, 0.6) is 0 Å². The van der Waals surface area contributed by atoms with Gasteiger partial charge in [0.2, 0.25) is 21.8 Å². The molecule has 0 saturated heterocycles. The number of hydrogen-bond donors (Lipinski definition) is 1. The molecule has 0 aliphatic heterocycles. The van der Waals surface area contributed by atoms with Gasteiger partial charge < -0.3 is 10.2 Å². The molecular formula is C26H31Cl4N3O4S. The molecule has 2 amide bonds. The highest BCUT2D eigenvalue weighted by Crippen LogP contribution is 2.35. The zero-order chi connectivity index (χ0) is 28.0. The van der Waals surface area contributed by atoms with E-state index >= 15 is 0 Å². The zero-order valence-corrected chi connectivity index (χ0v) is 25.1. The maximum atomic E-state index is 13.8. The lowest BCUT2D eigenvalue weighted by Gasteiger charge is -2.34. The van der Waals surface area contributed by atoms with E-state index in [0.29, 0.717) is 11.4 Å². The van der Waals surface area contributed by atoms with Crippen LogP contribution in [0.1, 0.15) is 51.0 Å². The number of carbonyl (C=O) groups excluding carboxylic acids is 2. The van der Waals surface area contributed by atoms with Gasteiger partial charge in [-0.2, -0.15) is 0 Å². The number of halogens is 4. The largest absolute Gasteiger partial charge is 0.352 e. The molecule has 1 aliphatic carbocycles. The van der Waals surface area contributed by atoms with Crippen LogP contribution in [0, 0.1) is 0 Å². The second-order valence-corrected chi connectivity index (χ2v) is 13.0. The molecule has 0 radical (unpaired) electrons. The van der Waals surface area contributed by atoms with E-state index in [1.807, 2.05) is 6.92 Å². The van der Waals surface area contributed by atoms with Crippen molar-refractivity contribution >= 4 is 73.9 Å². The van der Waals surface area contributed by atoms with Gasteiger partial charge in [0.25, 0.3) is 0 Å². The lowest BCUT2D eigenvalue weighted by molar-refractivity contribution is -0.140. The van der Waals surface area contributed by atoms with Gasteiger partial charge in [-0.05, 0) is 49.1 Å². The predicted octanol–water partition coefficient (Wildman–Crippen LogP) is 6.32. The summed E-state index contributed by atoms with van der Waals surface area (Å²) >= 11 is 24.5. The van der Waals surface area contributed by atoms with E-state index in [9.17, 15) is 18.0 Å². The molecule has 1 atom stereocenters. The van der Waals surface area contributed by atoms with Gasteiger partial charge in [-0.1, -0.05) is 84.7 Å². The van der Waals surface area contributed by atoms with Crippen LogP contribution in [0.4, 0.5) is 5.69 Å². The van der Waals surface area contributed by atoms with Gasteiger partial charge in [-0.25, -0.2) is 8.42 Å². The van der Waals surface area contributed by atoms with Crippen LogP contribution in [0.25, 0.3) is 0 Å². The van der Waals surface area contributed by atoms with E-state index in [1.165, 1.54) is 17.0 Å². The molecule has 2 aromatic carbocycles. The number of nitrogens with one attached hydrogen (secondary N) is 1. The Balaban J connectivity index is 1.95. The van der Waals surface area contributed by atoms with E-state index in [0.717, 1.165) is 48.2 Å². The number of nitrogens with zero attached hydrogens (tertiary/aromatic N) is 2. The average Bonchev–Trinajstić information content (AvgIpc) is 2.86. The van der Waals surface area contributed by atoms with Crippen molar-refractivity contribution in [2.45, 2.75) is 64.1 Å². The van der Waals surface area contributed by atoms with Crippen molar-refractivity contribution < 1.29 is 18.0 Å². The first kappa shape index (κ1) is 30.8. The minimum atomic E-state index is -3.97. The van der Waals surface area contributed by atoms with Crippen LogP contribution < -0.4 is 9.62 Å². The van der Waals surface area contributed by atoms with Crippen molar-refractivity contribution in [3.05, 3.63) is 62.1 Å². The minimum absolute atomic E-state index is 0.0167. The highest BCUT2D eigenvalue weighted by Gasteiger charge is 2.33. The molecule has 12 heteroatoms. The summed E-state index contributed by atoms with van der Waals surface area (Å²) in [6.45, 7) is 1.31. The number of hydrogen-bond acceptors (Lipinski definition) is 4. The third-order valence-corrected chi connectivity index (χ3v) is 8.94. The summed E-state index contributed by atoms with van der Waals surface area (Å²) in [7, 11) is -3.97. The number of sulfonamides is 1. The molecule has 7 nitrogen and oxygen atoms in total. The van der Waals surface area contributed by atoms with Gasteiger partial charge in [-0.3, -0.25) is 13.9 Å². The van der Waals surface area contributed by atoms with Crippen molar-refractivity contribution in [2.24, 2.45) is 0 Å². The normalized spacial score (nSPS) is 15.1. The summed E-state index contributed by atoms with van der Waals surface area (Å²) < 4.78 is 26.5. The van der Waals surface area contributed by atoms with Crippen molar-refractivity contribution in [3.8, 4) is 0 Å². The Morgan fingerprint density at radius 1 is 0.974 bits per heavy atom. The first-order valence-electron chi connectivity index (χ1n) is 12.4. The average molecular weight is 623 g/mol. The summed E-state index contributed by atoms with van der Waals surface area (Å²) in [5.74, 6) is -0.835. The molecule has 1 aliphatic rings. The molecule has 208 valence electrons. The molecule has 3 rings (SSSR count). The van der Waals surface area contributed by atoms with Crippen LogP contribution in [0.2, 0.25) is 20.1 Å². The molecule has 0 unspecified atom stereocenters. The summed E-state index contributed by atoms with van der Waals surface area (Å²) in [6.07, 6.45) is 6.32. The van der Waals surface area contributed by atoms with Gasteiger partial charge >= 0.3 is 0 Å². The Labute approximate surface area is 244 Å². The number of carbonyl (C=O) groups is 2. The number of amides is 2. The van der Waals surface area contributed by atoms with Crippen LogP contribution in [-0.2, 0) is 26.2 Å². The van der Waals surface area contributed by atoms with Gasteiger partial charge in [0.1, 0.15) is 12.6 Å². The number of anilines is 1. The van der Waals surface area contributed by atoms with Crippen LogP contribution in [-0.4, -0.2) is 50.0 Å². The molecule has 0 bridgehead atoms. The quantitative estimate of drug-likeness (QED) is 0.314. The summed E-state index contributed by atoms with van der Waals surface area (Å²) in [5, 5.41) is 3.88. The van der Waals surface area contributed by atoms with Crippen molar-refractivity contribution in [1.29, 1.82) is 0 Å². The fourth-order valence-electron chi connectivity index (χ4n) is 4.55. The summed E-state index contributed by atoms with van der Waals surface area (Å²) in [5.41, 5.74) is 0.758. The Bertz CT molecular complexity index is 1250. The molecule has 2 aromatic rings. The summed E-state index contributed by atoms with van der Waals surface area (Å²) in [6, 6.07) is 8.78. The van der Waals surface area contributed by atoms with Gasteiger partial charge in [0.15, 0.2) is 0 Å². The lowest BCUT2D eigenvalue weighted by Crippen LogP contribution is -2.54. The Kier molecular flexibility index (Phi) is 11.0. The fourth-order valence-corrected chi connectivity index (χ4v) is 6.22. The van der Waals surface area contributed by atoms with Crippen LogP contribution in [0.3, 0.4) is 0 Å². The highest BCUT2D eigenvalue weighted by atomic mass is 35.5. The topological polar surface area (TPSA) is 86.8 Å². The number of rotatable bonds is 10. The van der Waals surface area contributed by atoms with Crippen molar-refractivity contribution in [3.63, 3.8) is 0 Å². The third kappa shape index (κ3) is 8.15. The molecule has 1 saturated carbocycles. The highest BCUT2D eigenvalue weighted by molar-refractivity contribution is 7.92. The molecule has 0 spiro atoms. The molecule has 1 N–H and O–H groups in total. The van der Waals surface area contributed by atoms with Crippen molar-refractivity contribution in [2.75, 3.05) is 17.1 Å². The van der Waals surface area contributed by atoms with E-state index in [-0.39, 0.29) is 39.2 Å². The molecule has 38 heavy (non-hydrogen) atoms. The molecular weight excluding hydrogens is 592 g/mol. The maximum absolute atomic E-state index is 13.8. The van der Waals surface area contributed by atoms with Crippen LogP contribution >= 0.6 is 46.4 Å². The molecule has 0 heterocycles. The Hall–Kier alpha value is -1.71. The third-order valence-electron chi connectivity index (χ3n) is 6.54. The van der Waals surface area contributed by atoms with Crippen molar-refractivity contribution in [1.82, 2.24) is 10.2 Å². The Morgan fingerprint density at radius 3 is 2.16 bits per heavy atom. The zero-order valence-electron chi connectivity index (χ0n) is 21.2. The van der Waals surface area contributed by atoms with Gasteiger partial charge in [0.05, 0.1) is 27.0 Å². The van der Waals surface area contributed by atoms with E-state index in [2.05, 4.69) is 5.32 Å². The van der Waals surface area contributed by atoms with Crippen LogP contribution in [0.15, 0.2) is 36.4 Å². The van der Waals surface area contributed by atoms with E-state index in [4.69, 9.17) is 46.4 Å². The standard InChI is InChI=1S/C26H31Cl4N3O4S/c1-3-23(26(35)31-19-7-5-4-6-8-19)32(15-17-9-11-18(27)12-10-17)25(34)16-33(38(2,36)37)24-14-21(29)20(28)13-22(24)30/h9-14,19,23H,3-8,15-16H2,1-2H3,(H,31,35)/t23-/m1/s1. The second-order valence-electron chi connectivity index (χ2n) is 9.40. The number of benzene rings is 2. The van der Waals surface area contributed by atoms with Gasteiger partial charge in [0, 0.05) is 17.6 Å². The molecule has 1 fully saturated rings. The summed E-state index contributed by atoms with van der Waals surface area (Å²) in [4.78, 5) is 28.6. The monoisotopic (exact) mass is 621 g/mol. The fraction of sp³-hybridized carbons (Fsp3) is 0.462. The second kappa shape index (κ2) is 13.6. The van der Waals surface area contributed by atoms with E-state index in [1.54, 1.807) is 24.3 Å². The Morgan fingerprint density at radius 2 is 1.58 bits per heavy atom. The minimum Gasteiger partial charge on any atom is -0.352 e.